The Morgan fingerprint density at radius 3 is 2.82 bits per heavy atom. The molecule has 0 amide bonds. The van der Waals surface area contributed by atoms with Crippen LogP contribution in [0.2, 0.25) is 5.02 Å². The van der Waals surface area contributed by atoms with Gasteiger partial charge in [-0.1, -0.05) is 37.9 Å². The van der Waals surface area contributed by atoms with Gasteiger partial charge in [0, 0.05) is 0 Å². The highest BCUT2D eigenvalue weighted by atomic mass is 35.5. The van der Waals surface area contributed by atoms with Gasteiger partial charge in [-0.05, 0) is 24.5 Å². The molecule has 17 heavy (non-hydrogen) atoms. The first-order chi connectivity index (χ1) is 8.06. The summed E-state index contributed by atoms with van der Waals surface area (Å²) in [6.45, 7) is 4.66. The Labute approximate surface area is 106 Å². The molecular weight excluding hydrogens is 240 g/mol. The summed E-state index contributed by atoms with van der Waals surface area (Å²) < 4.78 is 5.53. The number of para-hydroxylation sites is 1. The lowest BCUT2D eigenvalue weighted by Crippen LogP contribution is -2.11. The van der Waals surface area contributed by atoms with Gasteiger partial charge in [0.1, 0.15) is 5.56 Å². The van der Waals surface area contributed by atoms with Gasteiger partial charge in [-0.25, -0.2) is 4.79 Å². The minimum absolute atomic E-state index is 0.112. The van der Waals surface area contributed by atoms with E-state index in [2.05, 4.69) is 13.8 Å². The van der Waals surface area contributed by atoms with E-state index in [1.807, 2.05) is 0 Å². The van der Waals surface area contributed by atoms with Crippen LogP contribution >= 0.6 is 11.6 Å². The van der Waals surface area contributed by atoms with Crippen molar-refractivity contribution in [3.05, 3.63) is 28.8 Å². The van der Waals surface area contributed by atoms with E-state index in [0.717, 1.165) is 12.8 Å². The maximum absolute atomic E-state index is 11.0. The minimum Gasteiger partial charge on any atom is -0.491 e. The van der Waals surface area contributed by atoms with Crippen LogP contribution in [0.4, 0.5) is 0 Å². The van der Waals surface area contributed by atoms with Crippen molar-refractivity contribution in [2.75, 3.05) is 6.61 Å². The molecular formula is C13H17ClO3. The van der Waals surface area contributed by atoms with Gasteiger partial charge in [-0.3, -0.25) is 0 Å². The number of aromatic carboxylic acids is 1. The zero-order chi connectivity index (χ0) is 12.8. The van der Waals surface area contributed by atoms with Crippen LogP contribution in [0.5, 0.6) is 5.75 Å². The van der Waals surface area contributed by atoms with Gasteiger partial charge < -0.3 is 9.84 Å². The van der Waals surface area contributed by atoms with Gasteiger partial charge in [0.2, 0.25) is 0 Å². The van der Waals surface area contributed by atoms with E-state index in [1.54, 1.807) is 12.1 Å². The van der Waals surface area contributed by atoms with Gasteiger partial charge >= 0.3 is 5.97 Å². The molecule has 0 bridgehead atoms. The van der Waals surface area contributed by atoms with Crippen molar-refractivity contribution in [2.24, 2.45) is 5.92 Å². The predicted molar refractivity (Wildman–Crippen MR) is 68.0 cm³/mol. The van der Waals surface area contributed by atoms with E-state index < -0.39 is 5.97 Å². The minimum atomic E-state index is -1.02. The molecule has 0 saturated carbocycles. The topological polar surface area (TPSA) is 46.5 Å². The first kappa shape index (κ1) is 13.8. The number of hydrogen-bond acceptors (Lipinski definition) is 2. The Kier molecular flexibility index (Phi) is 5.29. The molecule has 1 atom stereocenters. The van der Waals surface area contributed by atoms with Crippen LogP contribution in [0.25, 0.3) is 0 Å². The number of ether oxygens (including phenoxy) is 1. The number of rotatable bonds is 6. The maximum atomic E-state index is 11.0. The lowest BCUT2D eigenvalue weighted by molar-refractivity contribution is 0.0691. The number of hydrogen-bond donors (Lipinski definition) is 1. The number of carbonyl (C=O) groups is 1. The molecule has 0 aliphatic rings. The third kappa shape index (κ3) is 3.93. The van der Waals surface area contributed by atoms with Crippen LogP contribution in [0.3, 0.4) is 0 Å². The smallest absolute Gasteiger partial charge is 0.339 e. The largest absolute Gasteiger partial charge is 0.491 e. The van der Waals surface area contributed by atoms with Gasteiger partial charge in [0.05, 0.1) is 11.6 Å². The summed E-state index contributed by atoms with van der Waals surface area (Å²) in [4.78, 5) is 11.0. The quantitative estimate of drug-likeness (QED) is 0.841. The molecule has 1 N–H and O–H groups in total. The standard InChI is InChI=1S/C13H17ClO3/c1-3-5-9(2)8-17-12-10(13(15)16)6-4-7-11(12)14/h4,6-7,9H,3,5,8H2,1-2H3,(H,15,16). The molecule has 1 unspecified atom stereocenters. The molecule has 0 heterocycles. The zero-order valence-corrected chi connectivity index (χ0v) is 10.8. The number of carboxylic acid groups (broad SMARTS) is 1. The predicted octanol–water partition coefficient (Wildman–Crippen LogP) is 3.85. The number of halogens is 1. The fourth-order valence-corrected chi connectivity index (χ4v) is 1.85. The summed E-state index contributed by atoms with van der Waals surface area (Å²) in [6.07, 6.45) is 2.13. The van der Waals surface area contributed by atoms with E-state index in [1.165, 1.54) is 6.07 Å². The first-order valence-electron chi connectivity index (χ1n) is 5.70. The number of carboxylic acids is 1. The monoisotopic (exact) mass is 256 g/mol. The molecule has 94 valence electrons. The van der Waals surface area contributed by atoms with Crippen LogP contribution in [0.1, 0.15) is 37.0 Å². The molecule has 0 aromatic heterocycles. The summed E-state index contributed by atoms with van der Waals surface area (Å²) in [6, 6.07) is 4.73. The highest BCUT2D eigenvalue weighted by Crippen LogP contribution is 2.29. The van der Waals surface area contributed by atoms with E-state index in [4.69, 9.17) is 21.4 Å². The van der Waals surface area contributed by atoms with Crippen molar-refractivity contribution in [3.8, 4) is 5.75 Å². The molecule has 0 spiro atoms. The molecule has 0 saturated heterocycles. The molecule has 0 radical (unpaired) electrons. The fraction of sp³-hybridized carbons (Fsp3) is 0.462. The van der Waals surface area contributed by atoms with Gasteiger partial charge in [-0.2, -0.15) is 0 Å². The Hall–Kier alpha value is -1.22. The molecule has 0 aliphatic heterocycles. The third-order valence-corrected chi connectivity index (χ3v) is 2.79. The van der Waals surface area contributed by atoms with Crippen LogP contribution in [0.15, 0.2) is 18.2 Å². The van der Waals surface area contributed by atoms with Crippen molar-refractivity contribution in [3.63, 3.8) is 0 Å². The second kappa shape index (κ2) is 6.50. The summed E-state index contributed by atoms with van der Waals surface area (Å²) in [5, 5.41) is 9.36. The molecule has 4 heteroatoms. The first-order valence-corrected chi connectivity index (χ1v) is 6.08. The lowest BCUT2D eigenvalue weighted by atomic mass is 10.1. The van der Waals surface area contributed by atoms with Crippen molar-refractivity contribution >= 4 is 17.6 Å². The molecule has 3 nitrogen and oxygen atoms in total. The molecule has 0 fully saturated rings. The van der Waals surface area contributed by atoms with Crippen molar-refractivity contribution in [1.29, 1.82) is 0 Å². The second-order valence-corrected chi connectivity index (χ2v) is 4.53. The van der Waals surface area contributed by atoms with E-state index in [9.17, 15) is 4.79 Å². The zero-order valence-electron chi connectivity index (χ0n) is 10.1. The molecule has 1 aromatic carbocycles. The molecule has 1 aromatic rings. The van der Waals surface area contributed by atoms with E-state index in [0.29, 0.717) is 17.5 Å². The van der Waals surface area contributed by atoms with Crippen LogP contribution in [-0.2, 0) is 0 Å². The molecule has 1 rings (SSSR count). The lowest BCUT2D eigenvalue weighted by Gasteiger charge is -2.14. The maximum Gasteiger partial charge on any atom is 0.339 e. The average Bonchev–Trinajstić information content (AvgIpc) is 2.27. The van der Waals surface area contributed by atoms with Crippen molar-refractivity contribution < 1.29 is 14.6 Å². The van der Waals surface area contributed by atoms with E-state index in [-0.39, 0.29) is 11.3 Å². The van der Waals surface area contributed by atoms with Gasteiger partial charge in [-0.15, -0.1) is 0 Å². The second-order valence-electron chi connectivity index (χ2n) is 4.13. The summed E-state index contributed by atoms with van der Waals surface area (Å²) in [5.74, 6) is -0.367. The van der Waals surface area contributed by atoms with Crippen LogP contribution in [0, 0.1) is 5.92 Å². The Bertz CT molecular complexity index is 390. The van der Waals surface area contributed by atoms with E-state index >= 15 is 0 Å². The van der Waals surface area contributed by atoms with Gasteiger partial charge in [0.15, 0.2) is 5.75 Å². The Morgan fingerprint density at radius 2 is 2.24 bits per heavy atom. The number of benzene rings is 1. The van der Waals surface area contributed by atoms with Crippen LogP contribution in [-0.4, -0.2) is 17.7 Å². The van der Waals surface area contributed by atoms with Crippen LogP contribution < -0.4 is 4.74 Å². The Balaban J connectivity index is 2.79. The highest BCUT2D eigenvalue weighted by molar-refractivity contribution is 6.32. The summed E-state index contributed by atoms with van der Waals surface area (Å²) >= 11 is 5.95. The highest BCUT2D eigenvalue weighted by Gasteiger charge is 2.15. The van der Waals surface area contributed by atoms with Crippen molar-refractivity contribution in [2.45, 2.75) is 26.7 Å². The third-order valence-electron chi connectivity index (χ3n) is 2.49. The summed E-state index contributed by atoms with van der Waals surface area (Å²) in [5.41, 5.74) is 0.112. The average molecular weight is 257 g/mol. The normalized spacial score (nSPS) is 12.2. The van der Waals surface area contributed by atoms with Gasteiger partial charge in [0.25, 0.3) is 0 Å². The molecule has 0 aliphatic carbocycles. The SMILES string of the molecule is CCCC(C)COc1c(Cl)cccc1C(=O)O. The summed E-state index contributed by atoms with van der Waals surface area (Å²) in [7, 11) is 0. The Morgan fingerprint density at radius 1 is 1.53 bits per heavy atom. The van der Waals surface area contributed by atoms with Crippen molar-refractivity contribution in [1.82, 2.24) is 0 Å². The fourth-order valence-electron chi connectivity index (χ4n) is 1.63.